The Labute approximate surface area is 210 Å². The van der Waals surface area contributed by atoms with Gasteiger partial charge in [-0.3, -0.25) is 9.59 Å². The van der Waals surface area contributed by atoms with E-state index in [0.717, 1.165) is 0 Å². The molecule has 0 aliphatic carbocycles. The van der Waals surface area contributed by atoms with Gasteiger partial charge in [0.25, 0.3) is 0 Å². The van der Waals surface area contributed by atoms with Gasteiger partial charge in [-0.1, -0.05) is 32.9 Å². The number of phenolic OH excluding ortho intramolecular Hbond substituents is 1. The molecule has 0 aromatic heterocycles. The van der Waals surface area contributed by atoms with Crippen LogP contribution >= 0.6 is 0 Å². The minimum absolute atomic E-state index is 0.00921. The molecule has 35 heavy (non-hydrogen) atoms. The number of rotatable bonds is 8. The molecule has 0 radical (unpaired) electrons. The molecule has 0 fully saturated rings. The normalized spacial score (nSPS) is 14.2. The smallest absolute Gasteiger partial charge is 0.408 e. The minimum atomic E-state index is -1.04. The molecule has 0 spiro atoms. The fraction of sp³-hybridized carbons (Fsp3) is 0.667. The van der Waals surface area contributed by atoms with Crippen molar-refractivity contribution in [1.29, 1.82) is 0 Å². The second kappa shape index (κ2) is 11.3. The minimum Gasteiger partial charge on any atom is -0.508 e. The number of nitrogens with zero attached hydrogens (tertiary/aromatic N) is 1. The fourth-order valence-corrected chi connectivity index (χ4v) is 3.59. The number of alkyl carbamates (subject to hydrolysis) is 1. The van der Waals surface area contributed by atoms with Crippen LogP contribution in [0.2, 0.25) is 0 Å². The van der Waals surface area contributed by atoms with Crippen molar-refractivity contribution >= 4 is 17.9 Å². The van der Waals surface area contributed by atoms with Crippen molar-refractivity contribution < 1.29 is 24.2 Å². The lowest BCUT2D eigenvalue weighted by Gasteiger charge is -2.45. The third-order valence-corrected chi connectivity index (χ3v) is 5.55. The molecule has 0 aliphatic heterocycles. The Balaban J connectivity index is 3.66. The Hall–Kier alpha value is -2.77. The van der Waals surface area contributed by atoms with E-state index in [1.54, 1.807) is 32.9 Å². The lowest BCUT2D eigenvalue weighted by molar-refractivity contribution is -0.150. The maximum absolute atomic E-state index is 14.2. The first kappa shape index (κ1) is 30.3. The highest BCUT2D eigenvalue weighted by atomic mass is 16.6. The average Bonchev–Trinajstić information content (AvgIpc) is 2.66. The van der Waals surface area contributed by atoms with Gasteiger partial charge in [0.05, 0.1) is 0 Å². The van der Waals surface area contributed by atoms with Crippen LogP contribution < -0.4 is 10.6 Å². The van der Waals surface area contributed by atoms with Gasteiger partial charge in [0.1, 0.15) is 23.4 Å². The van der Waals surface area contributed by atoms with Crippen LogP contribution in [0.1, 0.15) is 94.2 Å². The summed E-state index contributed by atoms with van der Waals surface area (Å²) >= 11 is 0. The molecule has 1 rings (SSSR count). The monoisotopic (exact) mass is 491 g/mol. The van der Waals surface area contributed by atoms with Crippen LogP contribution in [0.3, 0.4) is 0 Å². The summed E-state index contributed by atoms with van der Waals surface area (Å²) in [4.78, 5) is 42.0. The summed E-state index contributed by atoms with van der Waals surface area (Å²) in [5, 5.41) is 15.9. The predicted octanol–water partition coefficient (Wildman–Crippen LogP) is 4.91. The van der Waals surface area contributed by atoms with E-state index in [4.69, 9.17) is 4.74 Å². The van der Waals surface area contributed by atoms with E-state index < -0.39 is 40.8 Å². The highest BCUT2D eigenvalue weighted by molar-refractivity contribution is 5.93. The summed E-state index contributed by atoms with van der Waals surface area (Å²) < 4.78 is 5.40. The molecule has 3 amide bonds. The van der Waals surface area contributed by atoms with E-state index in [9.17, 15) is 19.5 Å². The van der Waals surface area contributed by atoms with Gasteiger partial charge in [-0.25, -0.2) is 4.79 Å². The van der Waals surface area contributed by atoms with Crippen molar-refractivity contribution in [3.05, 3.63) is 29.8 Å². The molecule has 1 aromatic carbocycles. The number of carbonyl (C=O) groups excluding carboxylic acids is 3. The molecule has 2 unspecified atom stereocenters. The highest BCUT2D eigenvalue weighted by Gasteiger charge is 2.44. The molecule has 1 aromatic rings. The third-order valence-electron chi connectivity index (χ3n) is 5.55. The van der Waals surface area contributed by atoms with Crippen LogP contribution in [0, 0.1) is 5.92 Å². The Morgan fingerprint density at radius 2 is 1.60 bits per heavy atom. The second-order valence-corrected chi connectivity index (χ2v) is 12.0. The van der Waals surface area contributed by atoms with Gasteiger partial charge in [0.2, 0.25) is 11.8 Å². The van der Waals surface area contributed by atoms with Gasteiger partial charge in [0, 0.05) is 11.1 Å². The SMILES string of the molecule is CCC(C)(C)N(C(=O)C(NC(=O)OC(C)(C)C)C(C)C)C(C(=O)NC(C)(C)C)c1cccc(O)c1. The topological polar surface area (TPSA) is 108 Å². The molecule has 0 bridgehead atoms. The molecule has 0 saturated carbocycles. The Morgan fingerprint density at radius 1 is 1.03 bits per heavy atom. The number of benzene rings is 1. The third kappa shape index (κ3) is 9.07. The summed E-state index contributed by atoms with van der Waals surface area (Å²) in [5.41, 5.74) is -1.57. The van der Waals surface area contributed by atoms with Gasteiger partial charge in [-0.2, -0.15) is 0 Å². The molecule has 0 saturated heterocycles. The number of nitrogens with one attached hydrogen (secondary N) is 2. The molecule has 198 valence electrons. The fourth-order valence-electron chi connectivity index (χ4n) is 3.59. The molecule has 2 atom stereocenters. The summed E-state index contributed by atoms with van der Waals surface area (Å²) in [5.74, 6) is -1.07. The van der Waals surface area contributed by atoms with Crippen molar-refractivity contribution in [2.75, 3.05) is 0 Å². The van der Waals surface area contributed by atoms with Gasteiger partial charge >= 0.3 is 6.09 Å². The number of carbonyl (C=O) groups is 3. The molecule has 0 aliphatic rings. The summed E-state index contributed by atoms with van der Waals surface area (Å²) in [6, 6.07) is 4.39. The predicted molar refractivity (Wildman–Crippen MR) is 138 cm³/mol. The lowest BCUT2D eigenvalue weighted by Crippen LogP contribution is -2.61. The number of phenols is 1. The molecule has 8 heteroatoms. The summed E-state index contributed by atoms with van der Waals surface area (Å²) in [6.45, 7) is 20.2. The van der Waals surface area contributed by atoms with Crippen LogP contribution in [0.25, 0.3) is 0 Å². The number of aromatic hydroxyl groups is 1. The van der Waals surface area contributed by atoms with E-state index in [1.165, 1.54) is 17.0 Å². The molecular weight excluding hydrogens is 446 g/mol. The highest BCUT2D eigenvalue weighted by Crippen LogP contribution is 2.34. The Morgan fingerprint density at radius 3 is 2.03 bits per heavy atom. The molecule has 3 N–H and O–H groups in total. The van der Waals surface area contributed by atoms with Crippen LogP contribution in [-0.2, 0) is 14.3 Å². The van der Waals surface area contributed by atoms with Crippen LogP contribution in [0.5, 0.6) is 5.75 Å². The van der Waals surface area contributed by atoms with Crippen molar-refractivity contribution in [1.82, 2.24) is 15.5 Å². The Bertz CT molecular complexity index is 897. The van der Waals surface area contributed by atoms with E-state index >= 15 is 0 Å². The van der Waals surface area contributed by atoms with Crippen molar-refractivity contribution in [3.63, 3.8) is 0 Å². The largest absolute Gasteiger partial charge is 0.508 e. The van der Waals surface area contributed by atoms with Crippen LogP contribution in [0.15, 0.2) is 24.3 Å². The van der Waals surface area contributed by atoms with Crippen molar-refractivity contribution in [2.45, 2.75) is 111 Å². The molecule has 8 nitrogen and oxygen atoms in total. The summed E-state index contributed by atoms with van der Waals surface area (Å²) in [7, 11) is 0. The number of hydrogen-bond acceptors (Lipinski definition) is 5. The van der Waals surface area contributed by atoms with E-state index in [0.29, 0.717) is 12.0 Å². The maximum atomic E-state index is 14.2. The van der Waals surface area contributed by atoms with E-state index in [2.05, 4.69) is 10.6 Å². The standard InChI is InChI=1S/C27H45N3O5/c1-12-27(10,11)30(23(33)20(17(2)3)28-24(34)35-26(7,8)9)21(22(32)29-25(4,5)6)18-14-13-15-19(31)16-18/h13-17,20-21,31H,12H2,1-11H3,(H,28,34)(H,29,32). The zero-order valence-electron chi connectivity index (χ0n) is 23.3. The number of ether oxygens (including phenoxy) is 1. The second-order valence-electron chi connectivity index (χ2n) is 12.0. The van der Waals surface area contributed by atoms with Crippen molar-refractivity contribution in [3.8, 4) is 5.75 Å². The molecule has 0 heterocycles. The first-order valence-electron chi connectivity index (χ1n) is 12.2. The average molecular weight is 492 g/mol. The van der Waals surface area contributed by atoms with Crippen LogP contribution in [0.4, 0.5) is 4.79 Å². The lowest BCUT2D eigenvalue weighted by atomic mass is 9.90. The quantitative estimate of drug-likeness (QED) is 0.479. The first-order valence-corrected chi connectivity index (χ1v) is 12.2. The van der Waals surface area contributed by atoms with Crippen LogP contribution in [-0.4, -0.2) is 50.6 Å². The zero-order chi connectivity index (χ0) is 27.4. The summed E-state index contributed by atoms with van der Waals surface area (Å²) in [6.07, 6.45) is -0.152. The van der Waals surface area contributed by atoms with Gasteiger partial charge in [0.15, 0.2) is 0 Å². The van der Waals surface area contributed by atoms with E-state index in [-0.39, 0.29) is 17.6 Å². The van der Waals surface area contributed by atoms with E-state index in [1.807, 2.05) is 55.4 Å². The zero-order valence-corrected chi connectivity index (χ0v) is 23.3. The maximum Gasteiger partial charge on any atom is 0.408 e. The van der Waals surface area contributed by atoms with Gasteiger partial charge < -0.3 is 25.4 Å². The number of amides is 3. The van der Waals surface area contributed by atoms with Gasteiger partial charge in [-0.15, -0.1) is 0 Å². The van der Waals surface area contributed by atoms with Crippen molar-refractivity contribution in [2.24, 2.45) is 5.92 Å². The first-order chi connectivity index (χ1) is 15.8. The van der Waals surface area contributed by atoms with Gasteiger partial charge in [-0.05, 0) is 85.4 Å². The Kier molecular flexibility index (Phi) is 9.78. The molecular formula is C27H45N3O5. The number of hydrogen-bond donors (Lipinski definition) is 3.